The van der Waals surface area contributed by atoms with Gasteiger partial charge in [0.25, 0.3) is 0 Å². The Hall–Kier alpha value is -1.90. The van der Waals surface area contributed by atoms with Crippen LogP contribution in [0.4, 0.5) is 0 Å². The zero-order valence-electron chi connectivity index (χ0n) is 13.4. The zero-order valence-corrected chi connectivity index (χ0v) is 13.4. The van der Waals surface area contributed by atoms with E-state index in [9.17, 15) is 5.26 Å². The van der Waals surface area contributed by atoms with Crippen LogP contribution in [0.3, 0.4) is 0 Å². The van der Waals surface area contributed by atoms with E-state index in [0.717, 1.165) is 24.2 Å². The Morgan fingerprint density at radius 3 is 2.82 bits per heavy atom. The molecule has 1 aromatic rings. The molecule has 0 saturated carbocycles. The van der Waals surface area contributed by atoms with Crippen LogP contribution in [0.25, 0.3) is 5.70 Å². The summed E-state index contributed by atoms with van der Waals surface area (Å²) in [6.45, 7) is 3.35. The van der Waals surface area contributed by atoms with Crippen LogP contribution in [0.1, 0.15) is 24.8 Å². The molecule has 22 heavy (non-hydrogen) atoms. The number of aromatic nitrogens is 2. The minimum atomic E-state index is 0.251. The summed E-state index contributed by atoms with van der Waals surface area (Å²) in [6, 6.07) is 2.55. The minimum absolute atomic E-state index is 0.251. The molecule has 1 saturated heterocycles. The van der Waals surface area contributed by atoms with E-state index in [1.807, 2.05) is 31.1 Å². The second-order valence-electron chi connectivity index (χ2n) is 6.38. The highest BCUT2D eigenvalue weighted by atomic mass is 15.3. The van der Waals surface area contributed by atoms with Crippen molar-refractivity contribution in [1.82, 2.24) is 19.6 Å². The maximum absolute atomic E-state index is 9.25. The smallest absolute Gasteiger partial charge is 0.0948 e. The third-order valence-electron chi connectivity index (χ3n) is 4.43. The van der Waals surface area contributed by atoms with E-state index >= 15 is 0 Å². The molecule has 5 nitrogen and oxygen atoms in total. The fourth-order valence-electron chi connectivity index (χ4n) is 3.10. The van der Waals surface area contributed by atoms with E-state index in [-0.39, 0.29) is 6.04 Å². The Balaban J connectivity index is 1.78. The number of likely N-dealkylation sites (N-methyl/N-ethyl adjacent to an activating group) is 1. The highest BCUT2D eigenvalue weighted by molar-refractivity contribution is 5.62. The van der Waals surface area contributed by atoms with Crippen molar-refractivity contribution in [3.63, 3.8) is 0 Å². The van der Waals surface area contributed by atoms with Gasteiger partial charge in [0.05, 0.1) is 18.0 Å². The number of likely N-dealkylation sites (tertiary alicyclic amines) is 1. The predicted molar refractivity (Wildman–Crippen MR) is 86.8 cm³/mol. The number of nitrogens with zero attached hydrogens (tertiary/aromatic N) is 5. The second kappa shape index (κ2) is 6.47. The molecule has 1 aliphatic heterocycles. The van der Waals surface area contributed by atoms with Crippen molar-refractivity contribution in [1.29, 1.82) is 5.26 Å². The van der Waals surface area contributed by atoms with Gasteiger partial charge < -0.3 is 4.90 Å². The Kier molecular flexibility index (Phi) is 4.41. The van der Waals surface area contributed by atoms with Gasteiger partial charge in [-0.05, 0) is 52.2 Å². The van der Waals surface area contributed by atoms with Crippen LogP contribution < -0.4 is 0 Å². The van der Waals surface area contributed by atoms with Crippen molar-refractivity contribution in [2.45, 2.75) is 31.8 Å². The van der Waals surface area contributed by atoms with Gasteiger partial charge in [-0.25, -0.2) is 4.68 Å². The largest absolute Gasteiger partial charge is 0.303 e. The Morgan fingerprint density at radius 1 is 1.36 bits per heavy atom. The highest BCUT2D eigenvalue weighted by Gasteiger charge is 2.19. The number of rotatable bonds is 4. The monoisotopic (exact) mass is 297 g/mol. The Bertz CT molecular complexity index is 626. The summed E-state index contributed by atoms with van der Waals surface area (Å²) < 4.78 is 1.90. The van der Waals surface area contributed by atoms with Crippen LogP contribution in [0.15, 0.2) is 30.1 Å². The Labute approximate surface area is 132 Å². The molecule has 1 aromatic heterocycles. The van der Waals surface area contributed by atoms with Gasteiger partial charge in [-0.2, -0.15) is 10.4 Å². The van der Waals surface area contributed by atoms with Crippen molar-refractivity contribution in [3.8, 4) is 6.07 Å². The van der Waals surface area contributed by atoms with Crippen LogP contribution in [0.5, 0.6) is 0 Å². The molecule has 1 atom stereocenters. The molecule has 0 bridgehead atoms. The van der Waals surface area contributed by atoms with Crippen LogP contribution in [-0.4, -0.2) is 52.8 Å². The Morgan fingerprint density at radius 2 is 2.14 bits per heavy atom. The van der Waals surface area contributed by atoms with Gasteiger partial charge in [-0.3, -0.25) is 4.90 Å². The summed E-state index contributed by atoms with van der Waals surface area (Å²) in [6.07, 6.45) is 11.6. The normalized spacial score (nSPS) is 22.5. The van der Waals surface area contributed by atoms with E-state index in [2.05, 4.69) is 33.2 Å². The fourth-order valence-corrected chi connectivity index (χ4v) is 3.10. The van der Waals surface area contributed by atoms with Crippen LogP contribution in [0, 0.1) is 11.3 Å². The lowest BCUT2D eigenvalue weighted by molar-refractivity contribution is 0.331. The average molecular weight is 297 g/mol. The van der Waals surface area contributed by atoms with Gasteiger partial charge in [-0.1, -0.05) is 0 Å². The summed E-state index contributed by atoms with van der Waals surface area (Å²) in [7, 11) is 4.09. The molecule has 0 radical (unpaired) electrons. The summed E-state index contributed by atoms with van der Waals surface area (Å²) >= 11 is 0. The van der Waals surface area contributed by atoms with Crippen molar-refractivity contribution < 1.29 is 0 Å². The molecule has 0 amide bonds. The highest BCUT2D eigenvalue weighted by Crippen LogP contribution is 2.23. The predicted octanol–water partition coefficient (Wildman–Crippen LogP) is 2.10. The molecule has 0 spiro atoms. The lowest BCUT2D eigenvalue weighted by Gasteiger charge is -2.24. The van der Waals surface area contributed by atoms with E-state index < -0.39 is 0 Å². The number of hydrogen-bond acceptors (Lipinski definition) is 4. The molecule has 116 valence electrons. The van der Waals surface area contributed by atoms with Gasteiger partial charge >= 0.3 is 0 Å². The summed E-state index contributed by atoms with van der Waals surface area (Å²) in [4.78, 5) is 4.61. The lowest BCUT2D eigenvalue weighted by atomic mass is 9.99. The first-order chi connectivity index (χ1) is 10.7. The van der Waals surface area contributed by atoms with Crippen molar-refractivity contribution >= 4 is 5.70 Å². The van der Waals surface area contributed by atoms with Gasteiger partial charge in [-0.15, -0.1) is 0 Å². The maximum Gasteiger partial charge on any atom is 0.0948 e. The van der Waals surface area contributed by atoms with Gasteiger partial charge in [0.15, 0.2) is 0 Å². The van der Waals surface area contributed by atoms with Crippen LogP contribution in [-0.2, 0) is 6.54 Å². The standard InChI is InChI=1S/C17H23N5/c1-20(2)16-7-14(10-18)8-17(9-16)22-13-15(11-19-22)12-21-5-3-4-6-21/h8-9,11,13,16H,3-7,12H2,1-2H3. The van der Waals surface area contributed by atoms with Crippen LogP contribution >= 0.6 is 0 Å². The molecule has 5 heteroatoms. The maximum atomic E-state index is 9.25. The fraction of sp³-hybridized carbons (Fsp3) is 0.529. The van der Waals surface area contributed by atoms with E-state index in [0.29, 0.717) is 0 Å². The van der Waals surface area contributed by atoms with E-state index in [1.54, 1.807) is 0 Å². The molecular weight excluding hydrogens is 274 g/mol. The first-order valence-corrected chi connectivity index (χ1v) is 7.91. The first kappa shape index (κ1) is 15.0. The van der Waals surface area contributed by atoms with Gasteiger partial charge in [0, 0.05) is 36.3 Å². The van der Waals surface area contributed by atoms with E-state index in [4.69, 9.17) is 0 Å². The minimum Gasteiger partial charge on any atom is -0.303 e. The SMILES string of the molecule is CN(C)C1C=C(n2cc(CN3CCCC3)cn2)C=C(C#N)C1. The summed E-state index contributed by atoms with van der Waals surface area (Å²) in [5, 5.41) is 13.7. The summed E-state index contributed by atoms with van der Waals surface area (Å²) in [5.41, 5.74) is 3.05. The quantitative estimate of drug-likeness (QED) is 0.854. The molecule has 1 fully saturated rings. The van der Waals surface area contributed by atoms with Crippen molar-refractivity contribution in [3.05, 3.63) is 35.7 Å². The average Bonchev–Trinajstić information content (AvgIpc) is 3.19. The molecule has 1 unspecified atom stereocenters. The molecule has 3 rings (SSSR count). The van der Waals surface area contributed by atoms with Crippen molar-refractivity contribution in [2.75, 3.05) is 27.2 Å². The number of hydrogen-bond donors (Lipinski definition) is 0. The molecule has 0 N–H and O–H groups in total. The lowest BCUT2D eigenvalue weighted by Crippen LogP contribution is -2.28. The van der Waals surface area contributed by atoms with Gasteiger partial charge in [0.2, 0.25) is 0 Å². The molecule has 2 aliphatic rings. The summed E-state index contributed by atoms with van der Waals surface area (Å²) in [5.74, 6) is 0. The van der Waals surface area contributed by atoms with E-state index in [1.165, 1.54) is 31.5 Å². The third-order valence-corrected chi connectivity index (χ3v) is 4.43. The third kappa shape index (κ3) is 3.29. The van der Waals surface area contributed by atoms with Crippen LogP contribution in [0.2, 0.25) is 0 Å². The first-order valence-electron chi connectivity index (χ1n) is 7.91. The second-order valence-corrected chi connectivity index (χ2v) is 6.38. The molecule has 2 heterocycles. The molecular formula is C17H23N5. The zero-order chi connectivity index (χ0) is 15.5. The van der Waals surface area contributed by atoms with Gasteiger partial charge in [0.1, 0.15) is 0 Å². The topological polar surface area (TPSA) is 48.1 Å². The molecule has 1 aliphatic carbocycles. The van der Waals surface area contributed by atoms with Crippen molar-refractivity contribution in [2.24, 2.45) is 0 Å². The number of nitriles is 1. The molecule has 0 aromatic carbocycles. The number of allylic oxidation sites excluding steroid dienone is 2.